The minimum atomic E-state index is -0.154. The Labute approximate surface area is 188 Å². The van der Waals surface area contributed by atoms with Crippen LogP contribution in [0.5, 0.6) is 0 Å². The van der Waals surface area contributed by atoms with Crippen LogP contribution in [0.15, 0.2) is 89.6 Å². The van der Waals surface area contributed by atoms with Gasteiger partial charge in [-0.15, -0.1) is 0 Å². The number of amides is 2. The molecule has 2 heterocycles. The van der Waals surface area contributed by atoms with Gasteiger partial charge in [-0.3, -0.25) is 9.59 Å². The lowest BCUT2D eigenvalue weighted by Crippen LogP contribution is -2.11. The second kappa shape index (κ2) is 8.49. The molecule has 0 fully saturated rings. The first-order valence-corrected chi connectivity index (χ1v) is 10.9. The van der Waals surface area contributed by atoms with Crippen molar-refractivity contribution < 1.29 is 9.59 Å². The maximum Gasteiger partial charge on any atom is 0.256 e. The number of hydrogen-bond acceptors (Lipinski definition) is 4. The third-order valence-electron chi connectivity index (χ3n) is 4.98. The number of benzene rings is 3. The maximum atomic E-state index is 12.3. The van der Waals surface area contributed by atoms with Gasteiger partial charge in [-0.2, -0.15) is 11.3 Å². The summed E-state index contributed by atoms with van der Waals surface area (Å²) in [6.45, 7) is 0. The molecule has 3 N–H and O–H groups in total. The first-order chi connectivity index (χ1) is 15.7. The van der Waals surface area contributed by atoms with Gasteiger partial charge in [0.05, 0.1) is 16.6 Å². The van der Waals surface area contributed by atoms with Gasteiger partial charge in [-0.1, -0.05) is 18.2 Å². The monoisotopic (exact) mass is 438 g/mol. The van der Waals surface area contributed by atoms with Crippen molar-refractivity contribution in [3.63, 3.8) is 0 Å². The molecule has 2 amide bonds. The van der Waals surface area contributed by atoms with Gasteiger partial charge < -0.3 is 15.6 Å². The molecule has 0 saturated heterocycles. The molecule has 0 spiro atoms. The molecule has 3 aromatic carbocycles. The summed E-state index contributed by atoms with van der Waals surface area (Å²) in [7, 11) is 0. The highest BCUT2D eigenvalue weighted by molar-refractivity contribution is 7.08. The molecule has 32 heavy (non-hydrogen) atoms. The van der Waals surface area contributed by atoms with Crippen molar-refractivity contribution in [3.8, 4) is 11.4 Å². The van der Waals surface area contributed by atoms with E-state index >= 15 is 0 Å². The van der Waals surface area contributed by atoms with E-state index in [1.54, 1.807) is 18.2 Å². The Balaban J connectivity index is 1.32. The van der Waals surface area contributed by atoms with E-state index in [1.165, 1.54) is 11.3 Å². The minimum Gasteiger partial charge on any atom is -0.338 e. The van der Waals surface area contributed by atoms with Gasteiger partial charge in [0.15, 0.2) is 0 Å². The second-order valence-electron chi connectivity index (χ2n) is 7.18. The average Bonchev–Trinajstić information content (AvgIpc) is 3.50. The van der Waals surface area contributed by atoms with Crippen molar-refractivity contribution in [1.29, 1.82) is 0 Å². The van der Waals surface area contributed by atoms with Gasteiger partial charge >= 0.3 is 0 Å². The van der Waals surface area contributed by atoms with E-state index in [2.05, 4.69) is 20.6 Å². The van der Waals surface area contributed by atoms with E-state index in [-0.39, 0.29) is 11.8 Å². The van der Waals surface area contributed by atoms with Crippen LogP contribution in [0.4, 0.5) is 11.4 Å². The number of aromatic nitrogens is 2. The summed E-state index contributed by atoms with van der Waals surface area (Å²) in [6, 6.07) is 23.9. The molecule has 0 aliphatic heterocycles. The van der Waals surface area contributed by atoms with E-state index in [0.717, 1.165) is 16.6 Å². The van der Waals surface area contributed by atoms with Crippen LogP contribution in [-0.2, 0) is 0 Å². The largest absolute Gasteiger partial charge is 0.338 e. The number of carbonyl (C=O) groups is 2. The second-order valence-corrected chi connectivity index (χ2v) is 7.96. The minimum absolute atomic E-state index is 0.140. The molecule has 156 valence electrons. The van der Waals surface area contributed by atoms with Gasteiger partial charge in [-0.05, 0) is 66.0 Å². The zero-order chi connectivity index (χ0) is 21.9. The Kier molecular flexibility index (Phi) is 5.23. The van der Waals surface area contributed by atoms with E-state index in [4.69, 9.17) is 0 Å². The highest BCUT2D eigenvalue weighted by Crippen LogP contribution is 2.24. The van der Waals surface area contributed by atoms with E-state index < -0.39 is 0 Å². The lowest BCUT2D eigenvalue weighted by molar-refractivity contribution is 0.101. The Hall–Kier alpha value is -4.23. The summed E-state index contributed by atoms with van der Waals surface area (Å²) in [5.41, 5.74) is 5.16. The fourth-order valence-corrected chi connectivity index (χ4v) is 3.96. The summed E-state index contributed by atoms with van der Waals surface area (Å²) in [5, 5.41) is 9.48. The summed E-state index contributed by atoms with van der Waals surface area (Å²) < 4.78 is 0. The molecule has 0 saturated carbocycles. The Morgan fingerprint density at radius 2 is 1.50 bits per heavy atom. The standard InChI is InChI=1S/C25H18N4O2S/c30-24(17-4-2-1-3-5-17)26-19-8-6-16(7-9-19)23-28-21-11-10-20(14-22(21)29-23)27-25(31)18-12-13-32-15-18/h1-15H,(H,26,30)(H,27,31)(H,28,29). The van der Waals surface area contributed by atoms with E-state index in [0.29, 0.717) is 28.3 Å². The van der Waals surface area contributed by atoms with Gasteiger partial charge in [0.1, 0.15) is 5.82 Å². The van der Waals surface area contributed by atoms with Crippen molar-refractivity contribution in [1.82, 2.24) is 9.97 Å². The molecule has 0 unspecified atom stereocenters. The van der Waals surface area contributed by atoms with Crippen molar-refractivity contribution >= 4 is 45.6 Å². The summed E-state index contributed by atoms with van der Waals surface area (Å²) in [5.74, 6) is 0.417. The van der Waals surface area contributed by atoms with Crippen molar-refractivity contribution in [3.05, 3.63) is 101 Å². The third kappa shape index (κ3) is 4.14. The number of rotatable bonds is 5. The normalized spacial score (nSPS) is 10.8. The predicted octanol–water partition coefficient (Wildman–Crippen LogP) is 5.80. The SMILES string of the molecule is O=C(Nc1ccc(-c2nc3ccc(NC(=O)c4ccsc4)cc3[nH]2)cc1)c1ccccc1. The van der Waals surface area contributed by atoms with E-state index in [1.807, 2.05) is 71.4 Å². The van der Waals surface area contributed by atoms with Crippen molar-refractivity contribution in [2.24, 2.45) is 0 Å². The number of thiophene rings is 1. The molecule has 0 atom stereocenters. The third-order valence-corrected chi connectivity index (χ3v) is 5.66. The van der Waals surface area contributed by atoms with Crippen LogP contribution in [0.3, 0.4) is 0 Å². The molecule has 0 aliphatic carbocycles. The molecule has 0 aliphatic rings. The molecule has 5 aromatic rings. The Morgan fingerprint density at radius 1 is 0.781 bits per heavy atom. The number of aromatic amines is 1. The molecule has 2 aromatic heterocycles. The molecular formula is C25H18N4O2S. The number of hydrogen-bond donors (Lipinski definition) is 3. The molecular weight excluding hydrogens is 420 g/mol. The lowest BCUT2D eigenvalue weighted by Gasteiger charge is -2.06. The van der Waals surface area contributed by atoms with Crippen LogP contribution in [0.2, 0.25) is 0 Å². The van der Waals surface area contributed by atoms with Gasteiger partial charge in [0, 0.05) is 27.9 Å². The molecule has 6 nitrogen and oxygen atoms in total. The lowest BCUT2D eigenvalue weighted by atomic mass is 10.1. The van der Waals surface area contributed by atoms with Crippen LogP contribution in [0.25, 0.3) is 22.4 Å². The number of fused-ring (bicyclic) bond motifs is 1. The van der Waals surface area contributed by atoms with Crippen LogP contribution in [0, 0.1) is 0 Å². The number of nitrogens with one attached hydrogen (secondary N) is 3. The molecule has 0 radical (unpaired) electrons. The van der Waals surface area contributed by atoms with Crippen LogP contribution < -0.4 is 10.6 Å². The zero-order valence-electron chi connectivity index (χ0n) is 16.8. The average molecular weight is 439 g/mol. The Bertz CT molecular complexity index is 1390. The summed E-state index contributed by atoms with van der Waals surface area (Å²) in [6.07, 6.45) is 0. The van der Waals surface area contributed by atoms with Crippen LogP contribution in [0.1, 0.15) is 20.7 Å². The van der Waals surface area contributed by atoms with Crippen molar-refractivity contribution in [2.45, 2.75) is 0 Å². The zero-order valence-corrected chi connectivity index (χ0v) is 17.6. The highest BCUT2D eigenvalue weighted by atomic mass is 32.1. The fourth-order valence-electron chi connectivity index (χ4n) is 3.33. The number of nitrogens with zero attached hydrogens (tertiary/aromatic N) is 1. The predicted molar refractivity (Wildman–Crippen MR) is 128 cm³/mol. The number of H-pyrrole nitrogens is 1. The number of carbonyl (C=O) groups excluding carboxylic acids is 2. The number of anilines is 2. The number of imidazole rings is 1. The van der Waals surface area contributed by atoms with Crippen molar-refractivity contribution in [2.75, 3.05) is 10.6 Å². The summed E-state index contributed by atoms with van der Waals surface area (Å²) in [4.78, 5) is 32.5. The van der Waals surface area contributed by atoms with E-state index in [9.17, 15) is 9.59 Å². The van der Waals surface area contributed by atoms with Crippen LogP contribution >= 0.6 is 11.3 Å². The topological polar surface area (TPSA) is 86.9 Å². The molecule has 7 heteroatoms. The van der Waals surface area contributed by atoms with Gasteiger partial charge in [0.25, 0.3) is 11.8 Å². The molecule has 0 bridgehead atoms. The maximum absolute atomic E-state index is 12.3. The Morgan fingerprint density at radius 3 is 2.25 bits per heavy atom. The quantitative estimate of drug-likeness (QED) is 0.324. The molecule has 5 rings (SSSR count). The van der Waals surface area contributed by atoms with Gasteiger partial charge in [-0.25, -0.2) is 4.98 Å². The highest BCUT2D eigenvalue weighted by Gasteiger charge is 2.10. The fraction of sp³-hybridized carbons (Fsp3) is 0. The van der Waals surface area contributed by atoms with Gasteiger partial charge in [0.2, 0.25) is 0 Å². The van der Waals surface area contributed by atoms with Crippen LogP contribution in [-0.4, -0.2) is 21.8 Å². The smallest absolute Gasteiger partial charge is 0.256 e. The summed E-state index contributed by atoms with van der Waals surface area (Å²) >= 11 is 1.48. The first kappa shape index (κ1) is 19.7. The first-order valence-electron chi connectivity index (χ1n) is 9.96.